The molecule has 1 unspecified atom stereocenters. The van der Waals surface area contributed by atoms with Gasteiger partial charge in [-0.05, 0) is 12.8 Å². The van der Waals surface area contributed by atoms with Crippen LogP contribution in [0.4, 0.5) is 0 Å². The van der Waals surface area contributed by atoms with E-state index in [1.807, 2.05) is 6.92 Å². The second-order valence-corrected chi connectivity index (χ2v) is 3.33. The van der Waals surface area contributed by atoms with E-state index in [-0.39, 0.29) is 18.2 Å². The van der Waals surface area contributed by atoms with Crippen LogP contribution < -0.4 is 5.32 Å². The van der Waals surface area contributed by atoms with Crippen LogP contribution in [0.2, 0.25) is 0 Å². The van der Waals surface area contributed by atoms with Crippen LogP contribution in [0.25, 0.3) is 0 Å². The van der Waals surface area contributed by atoms with Gasteiger partial charge < -0.3 is 15.2 Å². The molecular formula is C10H17NO4. The number of hydrogen-bond donors (Lipinski definition) is 2. The molecule has 15 heavy (non-hydrogen) atoms. The molecule has 1 heterocycles. The lowest BCUT2D eigenvalue weighted by molar-refractivity contribution is -0.140. The highest BCUT2D eigenvalue weighted by molar-refractivity contribution is 5.84. The van der Waals surface area contributed by atoms with Crippen LogP contribution in [0.5, 0.6) is 0 Å². The number of hydrogen-bond acceptors (Lipinski definition) is 3. The third-order valence-corrected chi connectivity index (χ3v) is 1.99. The van der Waals surface area contributed by atoms with Crippen molar-refractivity contribution in [3.05, 3.63) is 0 Å². The largest absolute Gasteiger partial charge is 0.481 e. The van der Waals surface area contributed by atoms with Crippen LogP contribution >= 0.6 is 0 Å². The predicted molar refractivity (Wildman–Crippen MR) is 54.3 cm³/mol. The number of rotatable bonds is 4. The Balaban J connectivity index is 0.000000336. The number of amides is 1. The Labute approximate surface area is 88.9 Å². The maximum Gasteiger partial charge on any atom is 0.304 e. The van der Waals surface area contributed by atoms with Crippen molar-refractivity contribution in [3.8, 4) is 0 Å². The van der Waals surface area contributed by atoms with E-state index in [1.165, 1.54) is 0 Å². The summed E-state index contributed by atoms with van der Waals surface area (Å²) in [6, 6.07) is 0. The third kappa shape index (κ3) is 6.65. The van der Waals surface area contributed by atoms with Gasteiger partial charge in [-0.1, -0.05) is 6.92 Å². The average molecular weight is 215 g/mol. The molecule has 0 aromatic rings. The summed E-state index contributed by atoms with van der Waals surface area (Å²) in [6.45, 7) is 2.60. The van der Waals surface area contributed by atoms with Crippen molar-refractivity contribution < 1.29 is 19.5 Å². The van der Waals surface area contributed by atoms with E-state index >= 15 is 0 Å². The minimum Gasteiger partial charge on any atom is -0.481 e. The summed E-state index contributed by atoms with van der Waals surface area (Å²) in [5.74, 6) is -1.32. The van der Waals surface area contributed by atoms with Crippen molar-refractivity contribution in [2.75, 3.05) is 6.54 Å². The highest BCUT2D eigenvalue weighted by Gasteiger charge is 2.25. The first-order chi connectivity index (χ1) is 7.11. The number of carbonyl (C=O) groups excluding carboxylic acids is 2. The van der Waals surface area contributed by atoms with Crippen molar-refractivity contribution >= 4 is 18.2 Å². The molecule has 2 N–H and O–H groups in total. The Morgan fingerprint density at radius 1 is 1.67 bits per heavy atom. The zero-order valence-electron chi connectivity index (χ0n) is 8.86. The lowest BCUT2D eigenvalue weighted by Crippen LogP contribution is -2.20. The van der Waals surface area contributed by atoms with Gasteiger partial charge in [0.25, 0.3) is 0 Å². The van der Waals surface area contributed by atoms with Gasteiger partial charge in [-0.15, -0.1) is 0 Å². The van der Waals surface area contributed by atoms with Gasteiger partial charge in [-0.3, -0.25) is 9.59 Å². The number of carbonyl (C=O) groups is 3. The monoisotopic (exact) mass is 215 g/mol. The first-order valence-corrected chi connectivity index (χ1v) is 5.05. The summed E-state index contributed by atoms with van der Waals surface area (Å²) in [5.41, 5.74) is 0. The van der Waals surface area contributed by atoms with Gasteiger partial charge in [0, 0.05) is 13.0 Å². The Kier molecular flexibility index (Phi) is 7.23. The SMILES string of the molecule is CCCC=O.O=C(O)CC1CCNC1=O. The van der Waals surface area contributed by atoms with Crippen LogP contribution in [0.15, 0.2) is 0 Å². The average Bonchev–Trinajstić information content (AvgIpc) is 2.53. The first kappa shape index (κ1) is 13.6. The summed E-state index contributed by atoms with van der Waals surface area (Å²) in [6.07, 6.45) is 3.24. The molecule has 1 fully saturated rings. The molecule has 1 saturated heterocycles. The van der Waals surface area contributed by atoms with E-state index in [0.29, 0.717) is 19.4 Å². The zero-order chi connectivity index (χ0) is 11.7. The second-order valence-electron chi connectivity index (χ2n) is 3.33. The van der Waals surface area contributed by atoms with Crippen LogP contribution in [0, 0.1) is 5.92 Å². The molecule has 1 aliphatic rings. The molecular weight excluding hydrogens is 198 g/mol. The maximum absolute atomic E-state index is 10.7. The van der Waals surface area contributed by atoms with Crippen LogP contribution in [-0.4, -0.2) is 29.8 Å². The third-order valence-electron chi connectivity index (χ3n) is 1.99. The fourth-order valence-electron chi connectivity index (χ4n) is 1.17. The Hall–Kier alpha value is -1.39. The van der Waals surface area contributed by atoms with Crippen LogP contribution in [0.3, 0.4) is 0 Å². The van der Waals surface area contributed by atoms with Crippen molar-refractivity contribution in [1.82, 2.24) is 5.32 Å². The summed E-state index contributed by atoms with van der Waals surface area (Å²) in [7, 11) is 0. The molecule has 0 radical (unpaired) electrons. The summed E-state index contributed by atoms with van der Waals surface area (Å²) in [4.78, 5) is 30.3. The molecule has 1 atom stereocenters. The smallest absolute Gasteiger partial charge is 0.304 e. The normalized spacial score (nSPS) is 18.7. The Morgan fingerprint density at radius 3 is 2.60 bits per heavy atom. The number of aliphatic carboxylic acids is 1. The molecule has 0 aromatic carbocycles. The quantitative estimate of drug-likeness (QED) is 0.672. The zero-order valence-corrected chi connectivity index (χ0v) is 8.86. The standard InChI is InChI=1S/C6H9NO3.C4H8O/c8-5(9)3-4-1-2-7-6(4)10;1-2-3-4-5/h4H,1-3H2,(H,7,10)(H,8,9);4H,2-3H2,1H3. The van der Waals surface area contributed by atoms with Gasteiger partial charge >= 0.3 is 5.97 Å². The van der Waals surface area contributed by atoms with Crippen LogP contribution in [0.1, 0.15) is 32.6 Å². The molecule has 0 aliphatic carbocycles. The van der Waals surface area contributed by atoms with Crippen LogP contribution in [-0.2, 0) is 14.4 Å². The van der Waals surface area contributed by atoms with Crippen molar-refractivity contribution in [2.45, 2.75) is 32.6 Å². The minimum atomic E-state index is -0.901. The number of aldehydes is 1. The number of unbranched alkanes of at least 4 members (excludes halogenated alkanes) is 1. The number of nitrogens with one attached hydrogen (secondary N) is 1. The summed E-state index contributed by atoms with van der Waals surface area (Å²) < 4.78 is 0. The molecule has 86 valence electrons. The molecule has 1 rings (SSSR count). The van der Waals surface area contributed by atoms with E-state index in [9.17, 15) is 14.4 Å². The van der Waals surface area contributed by atoms with Gasteiger partial charge in [0.1, 0.15) is 6.29 Å². The number of carboxylic acid groups (broad SMARTS) is 1. The Bertz CT molecular complexity index is 227. The maximum atomic E-state index is 10.7. The lowest BCUT2D eigenvalue weighted by Gasteiger charge is -1.99. The highest BCUT2D eigenvalue weighted by Crippen LogP contribution is 2.12. The topological polar surface area (TPSA) is 83.5 Å². The van der Waals surface area contributed by atoms with Gasteiger partial charge in [-0.2, -0.15) is 0 Å². The van der Waals surface area contributed by atoms with Crippen molar-refractivity contribution in [1.29, 1.82) is 0 Å². The van der Waals surface area contributed by atoms with Gasteiger partial charge in [-0.25, -0.2) is 0 Å². The van der Waals surface area contributed by atoms with Gasteiger partial charge in [0.05, 0.1) is 12.3 Å². The molecule has 0 saturated carbocycles. The van der Waals surface area contributed by atoms with E-state index in [2.05, 4.69) is 5.32 Å². The van der Waals surface area contributed by atoms with E-state index < -0.39 is 5.97 Å². The molecule has 0 spiro atoms. The van der Waals surface area contributed by atoms with Crippen molar-refractivity contribution in [3.63, 3.8) is 0 Å². The van der Waals surface area contributed by atoms with Crippen molar-refractivity contribution in [2.24, 2.45) is 5.92 Å². The van der Waals surface area contributed by atoms with E-state index in [1.54, 1.807) is 0 Å². The highest BCUT2D eigenvalue weighted by atomic mass is 16.4. The van der Waals surface area contributed by atoms with E-state index in [0.717, 1.165) is 12.7 Å². The molecule has 1 amide bonds. The molecule has 5 nitrogen and oxygen atoms in total. The molecule has 0 bridgehead atoms. The predicted octanol–water partition coefficient (Wildman–Crippen LogP) is 0.583. The molecule has 0 aromatic heterocycles. The number of carboxylic acids is 1. The second kappa shape index (κ2) is 7.96. The first-order valence-electron chi connectivity index (χ1n) is 5.05. The fourth-order valence-corrected chi connectivity index (χ4v) is 1.17. The fraction of sp³-hybridized carbons (Fsp3) is 0.700. The Morgan fingerprint density at radius 2 is 2.33 bits per heavy atom. The van der Waals surface area contributed by atoms with Gasteiger partial charge in [0.15, 0.2) is 0 Å². The summed E-state index contributed by atoms with van der Waals surface area (Å²) >= 11 is 0. The molecule has 1 aliphatic heterocycles. The summed E-state index contributed by atoms with van der Waals surface area (Å²) in [5, 5.41) is 10.9. The lowest BCUT2D eigenvalue weighted by atomic mass is 10.1. The molecule has 5 heteroatoms. The minimum absolute atomic E-state index is 0.0359. The van der Waals surface area contributed by atoms with Gasteiger partial charge in [0.2, 0.25) is 5.91 Å². The van der Waals surface area contributed by atoms with E-state index in [4.69, 9.17) is 5.11 Å².